The minimum absolute atomic E-state index is 0.0870. The van der Waals surface area contributed by atoms with Gasteiger partial charge in [0, 0.05) is 31.7 Å². The lowest BCUT2D eigenvalue weighted by atomic mass is 9.89. The van der Waals surface area contributed by atoms with Crippen LogP contribution in [-0.2, 0) is 29.0 Å². The van der Waals surface area contributed by atoms with Crippen LogP contribution >= 0.6 is 11.6 Å². The third-order valence-corrected chi connectivity index (χ3v) is 9.42. The average Bonchev–Trinajstić information content (AvgIpc) is 3.49. The summed E-state index contributed by atoms with van der Waals surface area (Å²) in [6.45, 7) is 4.04. The van der Waals surface area contributed by atoms with Gasteiger partial charge in [0.2, 0.25) is 0 Å². The number of ether oxygens (including phenoxy) is 3. The zero-order chi connectivity index (χ0) is 31.8. The van der Waals surface area contributed by atoms with Crippen LogP contribution in [0.15, 0.2) is 42.7 Å². The summed E-state index contributed by atoms with van der Waals surface area (Å²) in [5, 5.41) is 3.47. The van der Waals surface area contributed by atoms with Gasteiger partial charge in [-0.3, -0.25) is 0 Å². The molecule has 2 aromatic heterocycles. The van der Waals surface area contributed by atoms with Gasteiger partial charge in [0.15, 0.2) is 11.5 Å². The molecule has 46 heavy (non-hydrogen) atoms. The van der Waals surface area contributed by atoms with Crippen molar-refractivity contribution in [1.29, 1.82) is 0 Å². The third kappa shape index (κ3) is 5.92. The zero-order valence-electron chi connectivity index (χ0n) is 25.7. The number of carbonyl (C=O) groups excluding carboxylic acids is 1. The van der Waals surface area contributed by atoms with Gasteiger partial charge in [-0.25, -0.2) is 23.7 Å². The number of halogens is 2. The maximum Gasteiger partial charge on any atom is 0.328 e. The molecule has 3 N–H and O–H groups in total. The molecule has 0 bridgehead atoms. The SMILES string of the molecule is COc1ccc(CN2CCCc3c(Cl)nc4c(ncn4C(=O)N[C@@H]4CC[C@H]4OCc4cc(N)c(F)c(N5CCOCC5)c4)c32)cc1. The van der Waals surface area contributed by atoms with E-state index in [9.17, 15) is 9.18 Å². The Morgan fingerprint density at radius 3 is 2.70 bits per heavy atom. The van der Waals surface area contributed by atoms with Crippen molar-refractivity contribution < 1.29 is 23.4 Å². The molecule has 13 heteroatoms. The Kier molecular flexibility index (Phi) is 8.58. The van der Waals surface area contributed by atoms with E-state index in [4.69, 9.17) is 31.5 Å². The van der Waals surface area contributed by atoms with Gasteiger partial charge in [-0.1, -0.05) is 23.7 Å². The Balaban J connectivity index is 1.05. The number of carbonyl (C=O) groups is 1. The number of nitrogen functional groups attached to an aromatic ring is 1. The molecule has 7 rings (SSSR count). The molecule has 2 aliphatic heterocycles. The minimum Gasteiger partial charge on any atom is -0.497 e. The number of pyridine rings is 1. The van der Waals surface area contributed by atoms with E-state index in [0.717, 1.165) is 60.4 Å². The number of nitrogens with zero attached hydrogens (tertiary/aromatic N) is 5. The number of imidazole rings is 1. The second-order valence-corrected chi connectivity index (χ2v) is 12.3. The molecule has 0 spiro atoms. The molecular weight excluding hydrogens is 613 g/mol. The molecule has 1 saturated heterocycles. The monoisotopic (exact) mass is 649 g/mol. The number of morpholine rings is 1. The number of amides is 1. The first-order chi connectivity index (χ1) is 22.4. The standard InChI is InChI=1S/C33H37ClFN7O4/c1-44-22-6-4-20(5-7-22)17-41-10-2-3-23-30(41)29-32(39-31(23)34)42(19-37-29)33(43)38-25-8-9-27(25)46-18-21-15-24(36)28(35)26(16-21)40-11-13-45-14-12-40/h4-7,15-16,19,25,27H,2-3,8-14,17-18,36H2,1H3,(H,38,43)/t25-,27-/m1/s1. The summed E-state index contributed by atoms with van der Waals surface area (Å²) < 4.78 is 33.2. The molecule has 2 aromatic carbocycles. The maximum atomic E-state index is 14.8. The quantitative estimate of drug-likeness (QED) is 0.203. The maximum absolute atomic E-state index is 14.8. The smallest absolute Gasteiger partial charge is 0.328 e. The van der Waals surface area contributed by atoms with Gasteiger partial charge in [0.05, 0.1) is 56.1 Å². The van der Waals surface area contributed by atoms with Crippen molar-refractivity contribution in [3.63, 3.8) is 0 Å². The molecule has 2 fully saturated rings. The van der Waals surface area contributed by atoms with Crippen LogP contribution in [0.1, 0.15) is 36.0 Å². The number of fused-ring (bicyclic) bond motifs is 3. The number of hydrogen-bond donors (Lipinski definition) is 2. The number of methoxy groups -OCH3 is 1. The highest BCUT2D eigenvalue weighted by atomic mass is 35.5. The second-order valence-electron chi connectivity index (χ2n) is 12.0. The molecule has 1 amide bonds. The van der Waals surface area contributed by atoms with Crippen molar-refractivity contribution >= 4 is 45.9 Å². The topological polar surface area (TPSA) is 120 Å². The minimum atomic E-state index is -0.425. The largest absolute Gasteiger partial charge is 0.497 e. The second kappa shape index (κ2) is 12.9. The number of anilines is 3. The van der Waals surface area contributed by atoms with Crippen LogP contribution in [0.3, 0.4) is 0 Å². The highest BCUT2D eigenvalue weighted by molar-refractivity contribution is 6.31. The Labute approximate surface area is 271 Å². The number of nitrogens with two attached hydrogens (primary N) is 1. The van der Waals surface area contributed by atoms with Crippen LogP contribution in [0, 0.1) is 5.82 Å². The molecule has 4 heterocycles. The summed E-state index contributed by atoms with van der Waals surface area (Å²) in [7, 11) is 1.65. The fourth-order valence-corrected chi connectivity index (χ4v) is 6.73. The first kappa shape index (κ1) is 30.5. The van der Waals surface area contributed by atoms with Crippen molar-refractivity contribution in [2.24, 2.45) is 0 Å². The predicted octanol–water partition coefficient (Wildman–Crippen LogP) is 4.91. The molecule has 242 valence electrons. The fourth-order valence-electron chi connectivity index (χ4n) is 6.47. The van der Waals surface area contributed by atoms with Gasteiger partial charge >= 0.3 is 6.03 Å². The lowest BCUT2D eigenvalue weighted by molar-refractivity contribution is -0.0323. The average molecular weight is 650 g/mol. The molecule has 4 aromatic rings. The molecule has 1 aliphatic carbocycles. The van der Waals surface area contributed by atoms with Crippen molar-refractivity contribution in [2.75, 3.05) is 55.5 Å². The summed E-state index contributed by atoms with van der Waals surface area (Å²) in [6, 6.07) is 10.8. The lowest BCUT2D eigenvalue weighted by Crippen LogP contribution is -2.52. The molecule has 1 saturated carbocycles. The molecular formula is C33H37ClFN7O4. The van der Waals surface area contributed by atoms with Crippen LogP contribution in [0.2, 0.25) is 5.15 Å². The molecule has 0 unspecified atom stereocenters. The highest BCUT2D eigenvalue weighted by Crippen LogP contribution is 2.38. The van der Waals surface area contributed by atoms with E-state index in [1.54, 1.807) is 19.2 Å². The molecule has 11 nitrogen and oxygen atoms in total. The number of rotatable bonds is 8. The van der Waals surface area contributed by atoms with Crippen molar-refractivity contribution in [1.82, 2.24) is 19.9 Å². The Hall–Kier alpha value is -4.13. The van der Waals surface area contributed by atoms with Gasteiger partial charge in [-0.2, -0.15) is 0 Å². The molecule has 3 aliphatic rings. The molecule has 2 atom stereocenters. The van der Waals surface area contributed by atoms with Gasteiger partial charge < -0.3 is 35.1 Å². The fraction of sp³-hybridized carbons (Fsp3) is 0.424. The number of hydrogen-bond acceptors (Lipinski definition) is 9. The van der Waals surface area contributed by atoms with E-state index in [1.165, 1.54) is 10.9 Å². The lowest BCUT2D eigenvalue weighted by Gasteiger charge is -2.37. The Morgan fingerprint density at radius 1 is 1.15 bits per heavy atom. The highest BCUT2D eigenvalue weighted by Gasteiger charge is 2.34. The third-order valence-electron chi connectivity index (χ3n) is 9.10. The van der Waals surface area contributed by atoms with E-state index in [2.05, 4.69) is 20.2 Å². The summed E-state index contributed by atoms with van der Waals surface area (Å²) in [5.74, 6) is 0.380. The van der Waals surface area contributed by atoms with Crippen molar-refractivity contribution in [2.45, 2.75) is 51.0 Å². The number of nitrogens with one attached hydrogen (secondary N) is 1. The van der Waals surface area contributed by atoms with Gasteiger partial charge in [0.1, 0.15) is 22.7 Å². The number of aromatic nitrogens is 3. The van der Waals surface area contributed by atoms with E-state index in [-0.39, 0.29) is 30.5 Å². The first-order valence-corrected chi connectivity index (χ1v) is 16.0. The van der Waals surface area contributed by atoms with Crippen LogP contribution in [0.5, 0.6) is 5.75 Å². The van der Waals surface area contributed by atoms with E-state index in [0.29, 0.717) is 54.9 Å². The normalized spacial score (nSPS) is 19.5. The van der Waals surface area contributed by atoms with Crippen molar-refractivity contribution in [3.8, 4) is 5.75 Å². The van der Waals surface area contributed by atoms with Crippen molar-refractivity contribution in [3.05, 3.63) is 70.4 Å². The van der Waals surface area contributed by atoms with Gasteiger partial charge in [-0.05, 0) is 61.1 Å². The Bertz CT molecular complexity index is 1740. The summed E-state index contributed by atoms with van der Waals surface area (Å²) in [5.41, 5.74) is 11.4. The first-order valence-electron chi connectivity index (χ1n) is 15.7. The van der Waals surface area contributed by atoms with Crippen LogP contribution in [0.25, 0.3) is 11.2 Å². The summed E-state index contributed by atoms with van der Waals surface area (Å²) in [4.78, 5) is 27.0. The predicted molar refractivity (Wildman–Crippen MR) is 174 cm³/mol. The number of benzene rings is 2. The Morgan fingerprint density at radius 2 is 1.96 bits per heavy atom. The van der Waals surface area contributed by atoms with Crippen LogP contribution < -0.4 is 25.6 Å². The van der Waals surface area contributed by atoms with E-state index >= 15 is 0 Å². The van der Waals surface area contributed by atoms with Crippen LogP contribution in [0.4, 0.5) is 26.2 Å². The summed E-state index contributed by atoms with van der Waals surface area (Å²) >= 11 is 6.72. The van der Waals surface area contributed by atoms with E-state index in [1.807, 2.05) is 29.2 Å². The van der Waals surface area contributed by atoms with Gasteiger partial charge in [-0.15, -0.1) is 0 Å². The van der Waals surface area contributed by atoms with E-state index < -0.39 is 5.82 Å². The zero-order valence-corrected chi connectivity index (χ0v) is 26.4. The van der Waals surface area contributed by atoms with Gasteiger partial charge in [0.25, 0.3) is 0 Å². The molecule has 0 radical (unpaired) electrons. The summed E-state index contributed by atoms with van der Waals surface area (Å²) in [6.07, 6.45) is 4.62. The van der Waals surface area contributed by atoms with Crippen LogP contribution in [-0.4, -0.2) is 72.7 Å².